The molecule has 1 aromatic rings. The molecule has 1 unspecified atom stereocenters. The Balaban J connectivity index is 2.15. The van der Waals surface area contributed by atoms with Gasteiger partial charge in [-0.1, -0.05) is 20.8 Å². The summed E-state index contributed by atoms with van der Waals surface area (Å²) in [4.78, 5) is 13.1. The van der Waals surface area contributed by atoms with Crippen LogP contribution < -0.4 is 4.90 Å². The molecule has 102 valence electrons. The van der Waals surface area contributed by atoms with Crippen molar-refractivity contribution in [2.75, 3.05) is 31.6 Å². The van der Waals surface area contributed by atoms with E-state index in [0.717, 1.165) is 25.5 Å². The van der Waals surface area contributed by atoms with Crippen LogP contribution in [-0.4, -0.2) is 47.6 Å². The van der Waals surface area contributed by atoms with Gasteiger partial charge >= 0.3 is 0 Å². The van der Waals surface area contributed by atoms with Crippen molar-refractivity contribution in [3.63, 3.8) is 0 Å². The Morgan fingerprint density at radius 3 is 2.53 bits per heavy atom. The minimum Gasteiger partial charge on any atom is -0.352 e. The summed E-state index contributed by atoms with van der Waals surface area (Å²) < 4.78 is 0. The smallest absolute Gasteiger partial charge is 0.158 e. The van der Waals surface area contributed by atoms with Gasteiger partial charge in [-0.05, 0) is 12.5 Å². The molecule has 0 radical (unpaired) electrons. The normalized spacial score (nSPS) is 21.2. The summed E-state index contributed by atoms with van der Waals surface area (Å²) in [6.07, 6.45) is 3.24. The summed E-state index contributed by atoms with van der Waals surface area (Å²) in [5.74, 6) is 0.862. The molecular formula is C14H21N5. The summed E-state index contributed by atoms with van der Waals surface area (Å²) in [5, 5.41) is 8.75. The van der Waals surface area contributed by atoms with Gasteiger partial charge in [-0.25, -0.2) is 9.97 Å². The lowest BCUT2D eigenvalue weighted by Crippen LogP contribution is -2.56. The van der Waals surface area contributed by atoms with Crippen molar-refractivity contribution in [3.8, 4) is 6.07 Å². The molecule has 1 atom stereocenters. The number of hydrogen-bond donors (Lipinski definition) is 0. The van der Waals surface area contributed by atoms with Gasteiger partial charge in [-0.3, -0.25) is 4.90 Å². The fourth-order valence-corrected chi connectivity index (χ4v) is 2.56. The number of anilines is 1. The van der Waals surface area contributed by atoms with Crippen LogP contribution in [0.3, 0.4) is 0 Å². The highest BCUT2D eigenvalue weighted by Crippen LogP contribution is 2.28. The largest absolute Gasteiger partial charge is 0.352 e. The molecule has 1 aromatic heterocycles. The van der Waals surface area contributed by atoms with Crippen LogP contribution in [0.25, 0.3) is 0 Å². The quantitative estimate of drug-likeness (QED) is 0.765. The van der Waals surface area contributed by atoms with Gasteiger partial charge in [0.05, 0.1) is 12.4 Å². The van der Waals surface area contributed by atoms with E-state index in [2.05, 4.69) is 47.6 Å². The van der Waals surface area contributed by atoms with Crippen LogP contribution >= 0.6 is 0 Å². The van der Waals surface area contributed by atoms with Crippen LogP contribution in [0, 0.1) is 16.7 Å². The van der Waals surface area contributed by atoms with E-state index in [0.29, 0.717) is 11.7 Å². The molecule has 0 bridgehead atoms. The van der Waals surface area contributed by atoms with Gasteiger partial charge in [0, 0.05) is 25.7 Å². The highest BCUT2D eigenvalue weighted by atomic mass is 15.3. The zero-order valence-electron chi connectivity index (χ0n) is 12.1. The van der Waals surface area contributed by atoms with Gasteiger partial charge in [0.2, 0.25) is 0 Å². The average molecular weight is 259 g/mol. The molecular weight excluding hydrogens is 238 g/mol. The number of hydrogen-bond acceptors (Lipinski definition) is 5. The van der Waals surface area contributed by atoms with Crippen molar-refractivity contribution in [2.45, 2.75) is 26.8 Å². The monoisotopic (exact) mass is 259 g/mol. The maximum absolute atomic E-state index is 8.75. The summed E-state index contributed by atoms with van der Waals surface area (Å²) in [6.45, 7) is 9.71. The minimum absolute atomic E-state index is 0.230. The SMILES string of the molecule is CN1CCN(c2cnc(C#N)cn2)CC1C(C)(C)C. The van der Waals surface area contributed by atoms with Crippen LogP contribution in [0.2, 0.25) is 0 Å². The maximum atomic E-state index is 8.75. The Labute approximate surface area is 114 Å². The molecule has 1 aliphatic rings. The molecule has 1 aliphatic heterocycles. The fraction of sp³-hybridized carbons (Fsp3) is 0.643. The molecule has 0 saturated carbocycles. The highest BCUT2D eigenvalue weighted by molar-refractivity contribution is 5.38. The summed E-state index contributed by atoms with van der Waals surface area (Å²) >= 11 is 0. The van der Waals surface area contributed by atoms with E-state index < -0.39 is 0 Å². The highest BCUT2D eigenvalue weighted by Gasteiger charge is 2.33. The third kappa shape index (κ3) is 3.02. The fourth-order valence-electron chi connectivity index (χ4n) is 2.56. The Kier molecular flexibility index (Phi) is 3.72. The lowest BCUT2D eigenvalue weighted by molar-refractivity contribution is 0.112. The molecule has 1 saturated heterocycles. The molecule has 2 rings (SSSR count). The summed E-state index contributed by atoms with van der Waals surface area (Å²) in [6, 6.07) is 2.48. The van der Waals surface area contributed by atoms with Gasteiger partial charge < -0.3 is 4.90 Å². The molecule has 0 aromatic carbocycles. The van der Waals surface area contributed by atoms with Crippen molar-refractivity contribution < 1.29 is 0 Å². The first-order valence-electron chi connectivity index (χ1n) is 6.59. The lowest BCUT2D eigenvalue weighted by atomic mass is 9.84. The molecule has 0 N–H and O–H groups in total. The Hall–Kier alpha value is -1.67. The second-order valence-corrected chi connectivity index (χ2v) is 6.18. The summed E-state index contributed by atoms with van der Waals surface area (Å²) in [5.41, 5.74) is 0.596. The van der Waals surface area contributed by atoms with Gasteiger partial charge in [0.1, 0.15) is 11.9 Å². The molecule has 2 heterocycles. The van der Waals surface area contributed by atoms with Crippen molar-refractivity contribution >= 4 is 5.82 Å². The molecule has 5 heteroatoms. The predicted octanol–water partition coefficient (Wildman–Crippen LogP) is 1.51. The van der Waals surface area contributed by atoms with Gasteiger partial charge in [-0.15, -0.1) is 0 Å². The van der Waals surface area contributed by atoms with E-state index in [1.54, 1.807) is 12.4 Å². The van der Waals surface area contributed by atoms with Crippen molar-refractivity contribution in [2.24, 2.45) is 5.41 Å². The Morgan fingerprint density at radius 1 is 1.26 bits per heavy atom. The third-order valence-corrected chi connectivity index (χ3v) is 3.72. The molecule has 0 aliphatic carbocycles. The van der Waals surface area contributed by atoms with Crippen molar-refractivity contribution in [1.82, 2.24) is 14.9 Å². The average Bonchev–Trinajstić information content (AvgIpc) is 2.38. The second kappa shape index (κ2) is 5.14. The van der Waals surface area contributed by atoms with Crippen LogP contribution in [0.1, 0.15) is 26.5 Å². The van der Waals surface area contributed by atoms with Gasteiger partial charge in [0.15, 0.2) is 5.69 Å². The number of aromatic nitrogens is 2. The minimum atomic E-state index is 0.230. The molecule has 19 heavy (non-hydrogen) atoms. The standard InChI is InChI=1S/C14H21N5/c1-14(2,3)12-10-19(6-5-18(12)4)13-9-16-11(7-15)8-17-13/h8-9,12H,5-6,10H2,1-4H3. The van der Waals surface area contributed by atoms with Crippen LogP contribution in [0.4, 0.5) is 5.82 Å². The number of piperazine rings is 1. The number of nitriles is 1. The Morgan fingerprint density at radius 2 is 2.00 bits per heavy atom. The first-order chi connectivity index (χ1) is 8.91. The van der Waals surface area contributed by atoms with E-state index in [1.165, 1.54) is 0 Å². The summed E-state index contributed by atoms with van der Waals surface area (Å²) in [7, 11) is 2.18. The molecule has 0 spiro atoms. The maximum Gasteiger partial charge on any atom is 0.158 e. The van der Waals surface area contributed by atoms with Crippen molar-refractivity contribution in [1.29, 1.82) is 5.26 Å². The zero-order valence-corrected chi connectivity index (χ0v) is 12.1. The topological polar surface area (TPSA) is 56.0 Å². The zero-order chi connectivity index (χ0) is 14.0. The number of rotatable bonds is 1. The molecule has 0 amide bonds. The number of nitrogens with zero attached hydrogens (tertiary/aromatic N) is 5. The van der Waals surface area contributed by atoms with Crippen LogP contribution in [0.15, 0.2) is 12.4 Å². The van der Waals surface area contributed by atoms with E-state index in [-0.39, 0.29) is 5.41 Å². The predicted molar refractivity (Wildman–Crippen MR) is 74.8 cm³/mol. The molecule has 1 fully saturated rings. The number of likely N-dealkylation sites (N-methyl/N-ethyl adjacent to an activating group) is 1. The lowest BCUT2D eigenvalue weighted by Gasteiger charge is -2.46. The molecule has 5 nitrogen and oxygen atoms in total. The first-order valence-corrected chi connectivity index (χ1v) is 6.59. The Bertz CT molecular complexity index is 468. The first kappa shape index (κ1) is 13.8. The van der Waals surface area contributed by atoms with Crippen LogP contribution in [-0.2, 0) is 0 Å². The van der Waals surface area contributed by atoms with E-state index in [1.807, 2.05) is 6.07 Å². The second-order valence-electron chi connectivity index (χ2n) is 6.18. The van der Waals surface area contributed by atoms with E-state index >= 15 is 0 Å². The van der Waals surface area contributed by atoms with E-state index in [4.69, 9.17) is 5.26 Å². The van der Waals surface area contributed by atoms with Crippen molar-refractivity contribution in [3.05, 3.63) is 18.1 Å². The third-order valence-electron chi connectivity index (χ3n) is 3.72. The van der Waals surface area contributed by atoms with Crippen LogP contribution in [0.5, 0.6) is 0 Å². The van der Waals surface area contributed by atoms with E-state index in [9.17, 15) is 0 Å². The van der Waals surface area contributed by atoms with Gasteiger partial charge in [-0.2, -0.15) is 5.26 Å². The van der Waals surface area contributed by atoms with Gasteiger partial charge in [0.25, 0.3) is 0 Å².